The van der Waals surface area contributed by atoms with E-state index in [4.69, 9.17) is 10.1 Å². The molecule has 1 aliphatic heterocycles. The molecule has 1 fully saturated rings. The van der Waals surface area contributed by atoms with Gasteiger partial charge in [-0.05, 0) is 74.3 Å². The minimum absolute atomic E-state index is 0.196. The lowest BCUT2D eigenvalue weighted by molar-refractivity contribution is 0.245. The van der Waals surface area contributed by atoms with Gasteiger partial charge in [-0.25, -0.2) is 14.4 Å². The minimum atomic E-state index is -0.196. The van der Waals surface area contributed by atoms with Gasteiger partial charge in [0.1, 0.15) is 5.82 Å². The lowest BCUT2D eigenvalue weighted by atomic mass is 10.1. The van der Waals surface area contributed by atoms with E-state index in [1.807, 2.05) is 42.9 Å². The number of fused-ring (bicyclic) bond motifs is 2. The Kier molecular flexibility index (Phi) is 4.73. The number of hydrogen-bond acceptors (Lipinski definition) is 4. The summed E-state index contributed by atoms with van der Waals surface area (Å²) in [4.78, 5) is 12.0. The summed E-state index contributed by atoms with van der Waals surface area (Å²) in [6, 6.07) is 15.3. The second-order valence-corrected chi connectivity index (χ2v) is 8.85. The molecule has 0 aliphatic carbocycles. The number of likely N-dealkylation sites (tertiary alicyclic amines) is 1. The monoisotopic (exact) mass is 440 g/mol. The average Bonchev–Trinajstić information content (AvgIpc) is 3.51. The Morgan fingerprint density at radius 3 is 2.85 bits per heavy atom. The van der Waals surface area contributed by atoms with E-state index in [-0.39, 0.29) is 11.9 Å². The maximum absolute atomic E-state index is 14.0. The van der Waals surface area contributed by atoms with Crippen LogP contribution in [0.15, 0.2) is 60.9 Å². The minimum Gasteiger partial charge on any atom is -0.350 e. The van der Waals surface area contributed by atoms with Crippen LogP contribution in [-0.4, -0.2) is 35.8 Å². The third kappa shape index (κ3) is 3.40. The van der Waals surface area contributed by atoms with Crippen LogP contribution in [0.5, 0.6) is 0 Å². The second-order valence-electron chi connectivity index (χ2n) is 8.85. The molecule has 1 atom stereocenters. The molecule has 4 aromatic heterocycles. The average molecular weight is 441 g/mol. The maximum Gasteiger partial charge on any atom is 0.165 e. The van der Waals surface area contributed by atoms with Crippen LogP contribution in [0.2, 0.25) is 0 Å². The second kappa shape index (κ2) is 7.78. The molecule has 1 aromatic carbocycles. The van der Waals surface area contributed by atoms with E-state index in [9.17, 15) is 4.39 Å². The molecule has 0 spiro atoms. The Bertz CT molecular complexity index is 1470. The molecular weight excluding hydrogens is 415 g/mol. The summed E-state index contributed by atoms with van der Waals surface area (Å²) in [5.74, 6) is 0.569. The molecule has 0 unspecified atom stereocenters. The Balaban J connectivity index is 1.37. The number of halogens is 1. The highest BCUT2D eigenvalue weighted by Crippen LogP contribution is 2.35. The van der Waals surface area contributed by atoms with Crippen molar-refractivity contribution in [2.45, 2.75) is 32.4 Å². The fourth-order valence-electron chi connectivity index (χ4n) is 5.12. The maximum atomic E-state index is 14.0. The Hall–Kier alpha value is -3.58. The molecule has 0 bridgehead atoms. The van der Waals surface area contributed by atoms with Crippen LogP contribution in [0.1, 0.15) is 35.8 Å². The molecule has 166 valence electrons. The summed E-state index contributed by atoms with van der Waals surface area (Å²) >= 11 is 0. The molecule has 6 rings (SSSR count). The van der Waals surface area contributed by atoms with Crippen molar-refractivity contribution < 1.29 is 4.39 Å². The Labute approximate surface area is 191 Å². The van der Waals surface area contributed by atoms with Crippen LogP contribution in [-0.2, 0) is 13.6 Å². The third-order valence-corrected chi connectivity index (χ3v) is 6.72. The van der Waals surface area contributed by atoms with Crippen molar-refractivity contribution in [2.75, 3.05) is 6.54 Å². The summed E-state index contributed by atoms with van der Waals surface area (Å²) < 4.78 is 17.9. The van der Waals surface area contributed by atoms with Gasteiger partial charge in [0.05, 0.1) is 17.4 Å². The zero-order chi connectivity index (χ0) is 22.5. The van der Waals surface area contributed by atoms with Crippen LogP contribution >= 0.6 is 0 Å². The van der Waals surface area contributed by atoms with Crippen LogP contribution in [0, 0.1) is 12.7 Å². The number of aryl methyl sites for hydroxylation is 2. The molecule has 0 amide bonds. The first-order valence-electron chi connectivity index (χ1n) is 11.3. The number of hydrogen-bond donors (Lipinski definition) is 0. The number of aromatic nitrogens is 5. The zero-order valence-electron chi connectivity index (χ0n) is 18.7. The summed E-state index contributed by atoms with van der Waals surface area (Å²) in [6.07, 6.45) is 6.06. The topological polar surface area (TPSA) is 51.8 Å². The van der Waals surface area contributed by atoms with Crippen molar-refractivity contribution in [1.29, 1.82) is 0 Å². The van der Waals surface area contributed by atoms with Crippen molar-refractivity contribution in [1.82, 2.24) is 29.2 Å². The Morgan fingerprint density at radius 2 is 2.00 bits per heavy atom. The van der Waals surface area contributed by atoms with Crippen molar-refractivity contribution in [3.05, 3.63) is 83.7 Å². The van der Waals surface area contributed by atoms with Gasteiger partial charge in [-0.15, -0.1) is 0 Å². The Morgan fingerprint density at radius 1 is 1.09 bits per heavy atom. The molecule has 0 N–H and O–H groups in total. The highest BCUT2D eigenvalue weighted by molar-refractivity contribution is 5.84. The first kappa shape index (κ1) is 20.1. The fraction of sp³-hybridized carbons (Fsp3) is 0.269. The summed E-state index contributed by atoms with van der Waals surface area (Å²) in [7, 11) is 2.02. The highest BCUT2D eigenvalue weighted by atomic mass is 19.1. The highest BCUT2D eigenvalue weighted by Gasteiger charge is 2.28. The zero-order valence-corrected chi connectivity index (χ0v) is 18.7. The molecule has 7 heteroatoms. The number of pyridine rings is 2. The van der Waals surface area contributed by atoms with Gasteiger partial charge in [0, 0.05) is 42.3 Å². The number of benzene rings is 1. The van der Waals surface area contributed by atoms with Gasteiger partial charge in [-0.1, -0.05) is 6.07 Å². The molecule has 5 heterocycles. The van der Waals surface area contributed by atoms with Gasteiger partial charge in [-0.2, -0.15) is 9.78 Å². The van der Waals surface area contributed by atoms with E-state index in [0.29, 0.717) is 0 Å². The number of nitrogens with zero attached hydrogens (tertiary/aromatic N) is 6. The van der Waals surface area contributed by atoms with Gasteiger partial charge >= 0.3 is 0 Å². The van der Waals surface area contributed by atoms with E-state index in [1.165, 1.54) is 6.07 Å². The largest absolute Gasteiger partial charge is 0.350 e. The third-order valence-electron chi connectivity index (χ3n) is 6.72. The van der Waals surface area contributed by atoms with E-state index in [0.717, 1.165) is 70.6 Å². The first-order valence-corrected chi connectivity index (χ1v) is 11.3. The number of rotatable bonds is 4. The molecule has 0 saturated carbocycles. The van der Waals surface area contributed by atoms with Gasteiger partial charge in [0.25, 0.3) is 0 Å². The quantitative estimate of drug-likeness (QED) is 0.391. The SMILES string of the molecule is Cc1nn(-c2ccccn2)c2nc([C@H]3CCCN3Cc3cn(C)c4ccc(F)cc34)ccc12. The van der Waals surface area contributed by atoms with Crippen molar-refractivity contribution >= 4 is 21.9 Å². The summed E-state index contributed by atoms with van der Waals surface area (Å²) in [5, 5.41) is 6.72. The molecule has 6 nitrogen and oxygen atoms in total. The normalized spacial score (nSPS) is 16.9. The van der Waals surface area contributed by atoms with E-state index in [2.05, 4.69) is 32.8 Å². The van der Waals surface area contributed by atoms with E-state index >= 15 is 0 Å². The molecular formula is C26H25FN6. The smallest absolute Gasteiger partial charge is 0.165 e. The predicted octanol–water partition coefficient (Wildman–Crippen LogP) is 5.09. The van der Waals surface area contributed by atoms with Crippen LogP contribution in [0.25, 0.3) is 27.8 Å². The molecule has 5 aromatic rings. The predicted molar refractivity (Wildman–Crippen MR) is 127 cm³/mol. The van der Waals surface area contributed by atoms with Crippen molar-refractivity contribution in [3.8, 4) is 5.82 Å². The van der Waals surface area contributed by atoms with Crippen molar-refractivity contribution in [2.24, 2.45) is 7.05 Å². The van der Waals surface area contributed by atoms with Gasteiger partial charge in [0.15, 0.2) is 11.5 Å². The van der Waals surface area contributed by atoms with E-state index in [1.54, 1.807) is 12.3 Å². The molecule has 1 saturated heterocycles. The van der Waals surface area contributed by atoms with E-state index < -0.39 is 0 Å². The molecule has 33 heavy (non-hydrogen) atoms. The standard InChI is InChI=1S/C26H25FN6/c1-17-20-9-10-22(29-26(20)33(30-17)25-7-3-4-12-28-25)24-6-5-13-32(24)16-18-15-31(2)23-11-8-19(27)14-21(18)23/h3-4,7-12,14-15,24H,5-6,13,16H2,1-2H3/t24-/m1/s1. The summed E-state index contributed by atoms with van der Waals surface area (Å²) in [6.45, 7) is 3.77. The lowest BCUT2D eigenvalue weighted by Gasteiger charge is -2.24. The summed E-state index contributed by atoms with van der Waals surface area (Å²) in [5.41, 5.74) is 5.02. The van der Waals surface area contributed by atoms with Gasteiger partial charge in [0.2, 0.25) is 0 Å². The van der Waals surface area contributed by atoms with Crippen LogP contribution in [0.4, 0.5) is 4.39 Å². The van der Waals surface area contributed by atoms with Gasteiger partial charge in [-0.3, -0.25) is 4.90 Å². The van der Waals surface area contributed by atoms with Gasteiger partial charge < -0.3 is 4.57 Å². The van der Waals surface area contributed by atoms with Crippen LogP contribution in [0.3, 0.4) is 0 Å². The molecule has 1 aliphatic rings. The van der Waals surface area contributed by atoms with Crippen molar-refractivity contribution in [3.63, 3.8) is 0 Å². The fourth-order valence-corrected chi connectivity index (χ4v) is 5.12. The lowest BCUT2D eigenvalue weighted by Crippen LogP contribution is -2.23. The first-order chi connectivity index (χ1) is 16.1. The molecule has 0 radical (unpaired) electrons. The van der Waals surface area contributed by atoms with Crippen LogP contribution < -0.4 is 0 Å².